The number of carboxylic acid groups (broad SMARTS) is 1. The van der Waals surface area contributed by atoms with E-state index in [0.29, 0.717) is 24.7 Å². The van der Waals surface area contributed by atoms with Gasteiger partial charge in [-0.2, -0.15) is 0 Å². The zero-order chi connectivity index (χ0) is 16.1. The zero-order valence-electron chi connectivity index (χ0n) is 13.5. The van der Waals surface area contributed by atoms with Gasteiger partial charge in [-0.25, -0.2) is 0 Å². The zero-order valence-corrected chi connectivity index (χ0v) is 13.5. The Morgan fingerprint density at radius 3 is 2.32 bits per heavy atom. The first-order valence-electron chi connectivity index (χ1n) is 8.29. The molecule has 3 nitrogen and oxygen atoms in total. The third-order valence-corrected chi connectivity index (χ3v) is 5.00. The second-order valence-electron chi connectivity index (χ2n) is 6.68. The van der Waals surface area contributed by atoms with Gasteiger partial charge in [0.05, 0.1) is 5.92 Å². The number of hydrogen-bond donors (Lipinski definition) is 1. The smallest absolute Gasteiger partial charge is 0.306 e. The lowest BCUT2D eigenvalue weighted by Gasteiger charge is -2.36. The van der Waals surface area contributed by atoms with Crippen molar-refractivity contribution < 1.29 is 14.7 Å². The normalized spacial score (nSPS) is 21.9. The molecule has 0 aliphatic heterocycles. The first-order valence-corrected chi connectivity index (χ1v) is 8.29. The van der Waals surface area contributed by atoms with Crippen LogP contribution in [0.4, 0.5) is 0 Å². The number of aliphatic carboxylic acids is 1. The molecule has 1 aromatic carbocycles. The van der Waals surface area contributed by atoms with Gasteiger partial charge in [0.1, 0.15) is 5.78 Å². The molecule has 0 aromatic heterocycles. The van der Waals surface area contributed by atoms with E-state index in [1.807, 2.05) is 6.92 Å². The molecule has 2 rings (SSSR count). The van der Waals surface area contributed by atoms with Gasteiger partial charge in [0.15, 0.2) is 0 Å². The summed E-state index contributed by atoms with van der Waals surface area (Å²) >= 11 is 0. The second kappa shape index (κ2) is 7.57. The Kier molecular flexibility index (Phi) is 5.76. The summed E-state index contributed by atoms with van der Waals surface area (Å²) in [5, 5.41) is 9.04. The predicted molar refractivity (Wildman–Crippen MR) is 86.8 cm³/mol. The van der Waals surface area contributed by atoms with Crippen molar-refractivity contribution in [3.05, 3.63) is 35.4 Å². The fourth-order valence-corrected chi connectivity index (χ4v) is 3.26. The van der Waals surface area contributed by atoms with E-state index < -0.39 is 11.9 Å². The molecule has 1 aliphatic carbocycles. The van der Waals surface area contributed by atoms with Crippen molar-refractivity contribution in [1.29, 1.82) is 0 Å². The van der Waals surface area contributed by atoms with Crippen molar-refractivity contribution in [2.75, 3.05) is 0 Å². The Morgan fingerprint density at radius 2 is 1.82 bits per heavy atom. The first-order chi connectivity index (χ1) is 10.5. The molecule has 0 spiro atoms. The van der Waals surface area contributed by atoms with Crippen LogP contribution in [0.3, 0.4) is 0 Å². The largest absolute Gasteiger partial charge is 0.481 e. The van der Waals surface area contributed by atoms with Crippen LogP contribution in [0.15, 0.2) is 24.3 Å². The minimum Gasteiger partial charge on any atom is -0.481 e. The van der Waals surface area contributed by atoms with Crippen LogP contribution in [-0.2, 0) is 16.0 Å². The topological polar surface area (TPSA) is 54.4 Å². The number of aryl methyl sites for hydroxylation is 1. The second-order valence-corrected chi connectivity index (χ2v) is 6.68. The lowest BCUT2D eigenvalue weighted by atomic mass is 9.68. The molecule has 3 atom stereocenters. The number of benzene rings is 1. The fraction of sp³-hybridized carbons (Fsp3) is 0.579. The molecule has 0 saturated heterocycles. The van der Waals surface area contributed by atoms with Crippen LogP contribution in [0.1, 0.15) is 50.2 Å². The number of hydrogen-bond acceptors (Lipinski definition) is 2. The minimum atomic E-state index is -0.847. The van der Waals surface area contributed by atoms with E-state index >= 15 is 0 Å². The van der Waals surface area contributed by atoms with Crippen molar-refractivity contribution in [2.24, 2.45) is 17.8 Å². The molecule has 120 valence electrons. The third kappa shape index (κ3) is 4.43. The van der Waals surface area contributed by atoms with E-state index in [1.165, 1.54) is 17.5 Å². The van der Waals surface area contributed by atoms with Crippen molar-refractivity contribution >= 4 is 11.8 Å². The summed E-state index contributed by atoms with van der Waals surface area (Å²) in [7, 11) is 0. The van der Waals surface area contributed by atoms with Crippen LogP contribution in [-0.4, -0.2) is 16.9 Å². The lowest BCUT2D eigenvalue weighted by molar-refractivity contribution is -0.144. The quantitative estimate of drug-likeness (QED) is 0.789. The molecule has 0 amide bonds. The van der Waals surface area contributed by atoms with E-state index in [-0.39, 0.29) is 12.2 Å². The molecular weight excluding hydrogens is 276 g/mol. The fourth-order valence-electron chi connectivity index (χ4n) is 3.26. The number of carboxylic acids is 1. The first kappa shape index (κ1) is 16.7. The van der Waals surface area contributed by atoms with Gasteiger partial charge in [-0.3, -0.25) is 9.59 Å². The highest BCUT2D eigenvalue weighted by Gasteiger charge is 2.33. The summed E-state index contributed by atoms with van der Waals surface area (Å²) < 4.78 is 0. The molecule has 0 bridgehead atoms. The monoisotopic (exact) mass is 302 g/mol. The van der Waals surface area contributed by atoms with Crippen molar-refractivity contribution in [1.82, 2.24) is 0 Å². The van der Waals surface area contributed by atoms with Crippen LogP contribution in [0.25, 0.3) is 0 Å². The number of carbonyl (C=O) groups excluding carboxylic acids is 1. The average Bonchev–Trinajstić information content (AvgIpc) is 2.48. The standard InChI is InChI=1S/C19H26O3/c1-3-15(19(21)22)11-18(20)12-17-9-8-16(17)10-14-6-4-13(2)5-7-14/h4-7,15-17H,3,8-12H2,1-2H3,(H,21,22). The maximum absolute atomic E-state index is 12.1. The summed E-state index contributed by atoms with van der Waals surface area (Å²) in [6.45, 7) is 3.91. The van der Waals surface area contributed by atoms with Crippen LogP contribution < -0.4 is 0 Å². The van der Waals surface area contributed by atoms with Gasteiger partial charge in [0.25, 0.3) is 0 Å². The average molecular weight is 302 g/mol. The van der Waals surface area contributed by atoms with Crippen molar-refractivity contribution in [3.63, 3.8) is 0 Å². The maximum Gasteiger partial charge on any atom is 0.306 e. The highest BCUT2D eigenvalue weighted by Crippen LogP contribution is 2.39. The molecule has 3 unspecified atom stereocenters. The van der Waals surface area contributed by atoms with E-state index in [4.69, 9.17) is 5.11 Å². The van der Waals surface area contributed by atoms with Crippen LogP contribution in [0, 0.1) is 24.7 Å². The molecule has 22 heavy (non-hydrogen) atoms. The van der Waals surface area contributed by atoms with E-state index in [2.05, 4.69) is 31.2 Å². The summed E-state index contributed by atoms with van der Waals surface area (Å²) in [5.41, 5.74) is 2.60. The van der Waals surface area contributed by atoms with Gasteiger partial charge in [-0.05, 0) is 50.0 Å². The highest BCUT2D eigenvalue weighted by molar-refractivity contribution is 5.84. The molecular formula is C19H26O3. The van der Waals surface area contributed by atoms with E-state index in [9.17, 15) is 9.59 Å². The maximum atomic E-state index is 12.1. The van der Waals surface area contributed by atoms with Crippen LogP contribution >= 0.6 is 0 Å². The number of rotatable bonds is 8. The van der Waals surface area contributed by atoms with Crippen molar-refractivity contribution in [2.45, 2.75) is 52.4 Å². The van der Waals surface area contributed by atoms with Gasteiger partial charge >= 0.3 is 5.97 Å². The summed E-state index contributed by atoms with van der Waals surface area (Å²) in [6, 6.07) is 8.61. The van der Waals surface area contributed by atoms with Gasteiger partial charge in [0.2, 0.25) is 0 Å². The lowest BCUT2D eigenvalue weighted by Crippen LogP contribution is -2.30. The molecule has 0 heterocycles. The number of carbonyl (C=O) groups is 2. The molecule has 0 radical (unpaired) electrons. The van der Waals surface area contributed by atoms with Crippen LogP contribution in [0.5, 0.6) is 0 Å². The minimum absolute atomic E-state index is 0.118. The number of ketones is 1. The summed E-state index contributed by atoms with van der Waals surface area (Å²) in [6.07, 6.45) is 4.60. The summed E-state index contributed by atoms with van der Waals surface area (Å²) in [5.74, 6) is -0.215. The Balaban J connectivity index is 1.82. The molecule has 1 aliphatic rings. The van der Waals surface area contributed by atoms with E-state index in [0.717, 1.165) is 12.8 Å². The molecule has 1 fully saturated rings. The molecule has 3 heteroatoms. The molecule has 1 aromatic rings. The highest BCUT2D eigenvalue weighted by atomic mass is 16.4. The SMILES string of the molecule is CCC(CC(=O)CC1CCC1Cc1ccc(C)cc1)C(=O)O. The molecule has 1 N–H and O–H groups in total. The van der Waals surface area contributed by atoms with Gasteiger partial charge in [-0.15, -0.1) is 0 Å². The van der Waals surface area contributed by atoms with Crippen LogP contribution in [0.2, 0.25) is 0 Å². The summed E-state index contributed by atoms with van der Waals surface area (Å²) in [4.78, 5) is 23.1. The Hall–Kier alpha value is -1.64. The third-order valence-electron chi connectivity index (χ3n) is 5.00. The Bertz CT molecular complexity index is 518. The number of Topliss-reactive ketones (excluding diaryl/α,β-unsaturated/α-hetero) is 1. The Labute approximate surface area is 132 Å². The van der Waals surface area contributed by atoms with E-state index in [1.54, 1.807) is 0 Å². The van der Waals surface area contributed by atoms with Gasteiger partial charge < -0.3 is 5.11 Å². The molecule has 1 saturated carbocycles. The van der Waals surface area contributed by atoms with Crippen molar-refractivity contribution in [3.8, 4) is 0 Å². The Morgan fingerprint density at radius 1 is 1.18 bits per heavy atom. The van der Waals surface area contributed by atoms with Gasteiger partial charge in [-0.1, -0.05) is 36.8 Å². The predicted octanol–water partition coefficient (Wildman–Crippen LogP) is 4.02. The van der Waals surface area contributed by atoms with Gasteiger partial charge in [0, 0.05) is 12.8 Å².